The van der Waals surface area contributed by atoms with Crippen LogP contribution in [0.15, 0.2) is 30.3 Å². The quantitative estimate of drug-likeness (QED) is 0.927. The number of alkyl halides is 1. The zero-order valence-electron chi connectivity index (χ0n) is 12.0. The fourth-order valence-electron chi connectivity index (χ4n) is 2.62. The Hall–Kier alpha value is -1.62. The number of ether oxygens (including phenoxy) is 1. The molecule has 1 amide bonds. The summed E-state index contributed by atoms with van der Waals surface area (Å²) in [5.41, 5.74) is 0.938. The van der Waals surface area contributed by atoms with Crippen LogP contribution in [0.2, 0.25) is 0 Å². The van der Waals surface area contributed by atoms with Crippen LogP contribution in [0.1, 0.15) is 24.8 Å². The maximum atomic E-state index is 14.1. The fourth-order valence-corrected chi connectivity index (χ4v) is 2.62. The number of halogens is 1. The van der Waals surface area contributed by atoms with Gasteiger partial charge in [0.2, 0.25) is 0 Å². The average molecular weight is 292 g/mol. The molecule has 0 unspecified atom stereocenters. The highest BCUT2D eigenvalue weighted by Gasteiger charge is 2.35. The van der Waals surface area contributed by atoms with E-state index in [-0.39, 0.29) is 19.2 Å². The minimum atomic E-state index is -1.01. The molecule has 2 fully saturated rings. The second-order valence-corrected chi connectivity index (χ2v) is 5.84. The predicted molar refractivity (Wildman–Crippen MR) is 77.7 cm³/mol. The molecule has 5 heteroatoms. The molecule has 2 atom stereocenters. The first kappa shape index (κ1) is 14.3. The van der Waals surface area contributed by atoms with Gasteiger partial charge in [-0.2, -0.15) is 0 Å². The smallest absolute Gasteiger partial charge is 0.410 e. The summed E-state index contributed by atoms with van der Waals surface area (Å²) in [6, 6.07) is 9.89. The van der Waals surface area contributed by atoms with Crippen molar-refractivity contribution in [3.8, 4) is 0 Å². The minimum Gasteiger partial charge on any atom is -0.445 e. The van der Waals surface area contributed by atoms with Gasteiger partial charge in [0.15, 0.2) is 0 Å². The molecule has 0 bridgehead atoms. The third-order valence-corrected chi connectivity index (χ3v) is 4.03. The molecule has 0 spiro atoms. The number of hydrogen-bond donors (Lipinski definition) is 1. The van der Waals surface area contributed by atoms with E-state index in [1.807, 2.05) is 30.3 Å². The van der Waals surface area contributed by atoms with Gasteiger partial charge in [-0.15, -0.1) is 0 Å². The lowest BCUT2D eigenvalue weighted by Crippen LogP contribution is -2.53. The third kappa shape index (κ3) is 3.94. The molecular formula is C16H21FN2O2. The molecule has 1 aromatic carbocycles. The molecule has 2 aliphatic rings. The van der Waals surface area contributed by atoms with Crippen molar-refractivity contribution in [2.24, 2.45) is 0 Å². The minimum absolute atomic E-state index is 0.115. The molecule has 1 saturated heterocycles. The van der Waals surface area contributed by atoms with Gasteiger partial charge in [0.25, 0.3) is 0 Å². The van der Waals surface area contributed by atoms with E-state index >= 15 is 0 Å². The maximum absolute atomic E-state index is 14.1. The molecule has 114 valence electrons. The summed E-state index contributed by atoms with van der Waals surface area (Å²) in [5, 5.41) is 3.31. The van der Waals surface area contributed by atoms with Crippen molar-refractivity contribution in [2.75, 3.05) is 13.1 Å². The molecular weight excluding hydrogens is 271 g/mol. The number of carbonyl (C=O) groups is 1. The van der Waals surface area contributed by atoms with E-state index in [4.69, 9.17) is 4.74 Å². The van der Waals surface area contributed by atoms with Gasteiger partial charge < -0.3 is 15.0 Å². The molecule has 1 N–H and O–H groups in total. The van der Waals surface area contributed by atoms with Crippen LogP contribution in [-0.4, -0.2) is 42.3 Å². The Labute approximate surface area is 124 Å². The molecule has 1 aromatic rings. The number of hydrogen-bond acceptors (Lipinski definition) is 3. The van der Waals surface area contributed by atoms with E-state index in [9.17, 15) is 9.18 Å². The first-order valence-corrected chi connectivity index (χ1v) is 7.58. The van der Waals surface area contributed by atoms with Gasteiger partial charge in [-0.25, -0.2) is 9.18 Å². The molecule has 1 heterocycles. The first-order chi connectivity index (χ1) is 10.2. The van der Waals surface area contributed by atoms with E-state index in [0.29, 0.717) is 19.0 Å². The van der Waals surface area contributed by atoms with E-state index in [0.717, 1.165) is 18.4 Å². The van der Waals surface area contributed by atoms with Gasteiger partial charge in [-0.1, -0.05) is 30.3 Å². The average Bonchev–Trinajstić information content (AvgIpc) is 3.32. The number of nitrogens with one attached hydrogen (secondary N) is 1. The molecule has 0 radical (unpaired) electrons. The van der Waals surface area contributed by atoms with Crippen LogP contribution in [-0.2, 0) is 11.3 Å². The van der Waals surface area contributed by atoms with Gasteiger partial charge in [-0.3, -0.25) is 0 Å². The van der Waals surface area contributed by atoms with Crippen LogP contribution in [0.3, 0.4) is 0 Å². The van der Waals surface area contributed by atoms with Crippen LogP contribution in [0.4, 0.5) is 9.18 Å². The van der Waals surface area contributed by atoms with Crippen molar-refractivity contribution in [3.05, 3.63) is 35.9 Å². The van der Waals surface area contributed by atoms with Crippen molar-refractivity contribution in [2.45, 2.75) is 44.1 Å². The van der Waals surface area contributed by atoms with Crippen molar-refractivity contribution in [1.82, 2.24) is 10.2 Å². The predicted octanol–water partition coefficient (Wildman–Crippen LogP) is 2.49. The van der Waals surface area contributed by atoms with Gasteiger partial charge in [0, 0.05) is 18.6 Å². The lowest BCUT2D eigenvalue weighted by atomic mass is 10.0. The van der Waals surface area contributed by atoms with Gasteiger partial charge >= 0.3 is 6.09 Å². The summed E-state index contributed by atoms with van der Waals surface area (Å²) in [6.07, 6.45) is 1.51. The van der Waals surface area contributed by atoms with Crippen molar-refractivity contribution >= 4 is 6.09 Å². The molecule has 1 saturated carbocycles. The molecule has 3 rings (SSSR count). The SMILES string of the molecule is O=C(OCc1ccccc1)N1CC[C@H](NC2CC2)[C@H](F)C1. The Bertz CT molecular complexity index is 478. The monoisotopic (exact) mass is 292 g/mol. The second kappa shape index (κ2) is 6.43. The second-order valence-electron chi connectivity index (χ2n) is 5.84. The zero-order valence-corrected chi connectivity index (χ0v) is 12.0. The van der Waals surface area contributed by atoms with Crippen molar-refractivity contribution in [1.29, 1.82) is 0 Å². The Morgan fingerprint density at radius 1 is 1.29 bits per heavy atom. The topological polar surface area (TPSA) is 41.6 Å². The third-order valence-electron chi connectivity index (χ3n) is 4.03. The molecule has 21 heavy (non-hydrogen) atoms. The summed E-state index contributed by atoms with van der Waals surface area (Å²) in [6.45, 7) is 0.910. The molecule has 1 aliphatic carbocycles. The number of benzene rings is 1. The van der Waals surface area contributed by atoms with E-state index < -0.39 is 12.3 Å². The maximum Gasteiger partial charge on any atom is 0.410 e. The Kier molecular flexibility index (Phi) is 4.39. The summed E-state index contributed by atoms with van der Waals surface area (Å²) < 4.78 is 19.3. The molecule has 1 aliphatic heterocycles. The number of piperidine rings is 1. The van der Waals surface area contributed by atoms with Crippen molar-refractivity contribution in [3.63, 3.8) is 0 Å². The lowest BCUT2D eigenvalue weighted by molar-refractivity contribution is 0.0602. The Balaban J connectivity index is 1.45. The molecule has 4 nitrogen and oxygen atoms in total. The fraction of sp³-hybridized carbons (Fsp3) is 0.562. The highest BCUT2D eigenvalue weighted by Crippen LogP contribution is 2.23. The largest absolute Gasteiger partial charge is 0.445 e. The van der Waals surface area contributed by atoms with Gasteiger partial charge in [-0.05, 0) is 24.8 Å². The number of carbonyl (C=O) groups excluding carboxylic acids is 1. The number of likely N-dealkylation sites (tertiary alicyclic amines) is 1. The highest BCUT2D eigenvalue weighted by molar-refractivity contribution is 5.67. The van der Waals surface area contributed by atoms with Crippen molar-refractivity contribution < 1.29 is 13.9 Å². The Morgan fingerprint density at radius 3 is 2.71 bits per heavy atom. The van der Waals surface area contributed by atoms with Crippen LogP contribution in [0.25, 0.3) is 0 Å². The van der Waals surface area contributed by atoms with E-state index in [1.165, 1.54) is 4.90 Å². The molecule has 0 aromatic heterocycles. The Morgan fingerprint density at radius 2 is 2.05 bits per heavy atom. The van der Waals surface area contributed by atoms with E-state index in [1.54, 1.807) is 0 Å². The van der Waals surface area contributed by atoms with Gasteiger partial charge in [0.1, 0.15) is 12.8 Å². The standard InChI is InChI=1S/C16H21FN2O2/c17-14-10-19(9-8-15(14)18-13-6-7-13)16(20)21-11-12-4-2-1-3-5-12/h1-5,13-15,18H,6-11H2/t14-,15+/m1/s1. The zero-order chi connectivity index (χ0) is 14.7. The highest BCUT2D eigenvalue weighted by atomic mass is 19.1. The van der Waals surface area contributed by atoms with Crippen LogP contribution < -0.4 is 5.32 Å². The van der Waals surface area contributed by atoms with Crippen LogP contribution in [0, 0.1) is 0 Å². The number of amides is 1. The summed E-state index contributed by atoms with van der Waals surface area (Å²) in [7, 11) is 0. The van der Waals surface area contributed by atoms with Crippen LogP contribution in [0.5, 0.6) is 0 Å². The summed E-state index contributed by atoms with van der Waals surface area (Å²) in [5.74, 6) is 0. The summed E-state index contributed by atoms with van der Waals surface area (Å²) >= 11 is 0. The van der Waals surface area contributed by atoms with Crippen LogP contribution >= 0.6 is 0 Å². The summed E-state index contributed by atoms with van der Waals surface area (Å²) in [4.78, 5) is 13.4. The van der Waals surface area contributed by atoms with Gasteiger partial charge in [0.05, 0.1) is 6.54 Å². The van der Waals surface area contributed by atoms with E-state index in [2.05, 4.69) is 5.32 Å². The normalized spacial score (nSPS) is 25.7. The number of nitrogens with zero attached hydrogens (tertiary/aromatic N) is 1. The number of rotatable bonds is 4. The lowest BCUT2D eigenvalue weighted by Gasteiger charge is -2.34. The first-order valence-electron chi connectivity index (χ1n) is 7.58.